The minimum atomic E-state index is -0.267. The molecule has 4 rings (SSSR count). The summed E-state index contributed by atoms with van der Waals surface area (Å²) >= 11 is 6.12. The average Bonchev–Trinajstić information content (AvgIpc) is 3.34. The lowest BCUT2D eigenvalue weighted by atomic mass is 10.00. The quantitative estimate of drug-likeness (QED) is 0.755. The van der Waals surface area contributed by atoms with Crippen LogP contribution in [-0.2, 0) is 17.9 Å². The number of fused-ring (bicyclic) bond motifs is 1. The molecule has 0 spiro atoms. The minimum Gasteiger partial charge on any atom is -0.330 e. The second kappa shape index (κ2) is 8.00. The molecule has 0 radical (unpaired) electrons. The summed E-state index contributed by atoms with van der Waals surface area (Å²) in [4.78, 5) is 31.4. The molecule has 3 heterocycles. The van der Waals surface area contributed by atoms with Crippen LogP contribution in [0.2, 0.25) is 5.02 Å². The predicted molar refractivity (Wildman–Crippen MR) is 112 cm³/mol. The highest BCUT2D eigenvalue weighted by molar-refractivity contribution is 6.33. The molecule has 8 heteroatoms. The molecule has 2 aliphatic rings. The maximum atomic E-state index is 12.7. The van der Waals surface area contributed by atoms with Crippen LogP contribution < -0.4 is 10.6 Å². The molecule has 0 bridgehead atoms. The first-order chi connectivity index (χ1) is 14.0. The van der Waals surface area contributed by atoms with E-state index in [9.17, 15) is 9.59 Å². The Balaban J connectivity index is 1.43. The van der Waals surface area contributed by atoms with Crippen LogP contribution in [0.1, 0.15) is 36.1 Å². The molecule has 152 valence electrons. The molecule has 29 heavy (non-hydrogen) atoms. The Morgan fingerprint density at radius 2 is 2.14 bits per heavy atom. The third-order valence-corrected chi connectivity index (χ3v) is 5.86. The van der Waals surface area contributed by atoms with Gasteiger partial charge in [-0.05, 0) is 38.4 Å². The summed E-state index contributed by atoms with van der Waals surface area (Å²) in [7, 11) is 0. The number of carbonyl (C=O) groups excluding carboxylic acids is 2. The van der Waals surface area contributed by atoms with Crippen LogP contribution in [0.4, 0.5) is 5.69 Å². The monoisotopic (exact) mass is 413 g/mol. The summed E-state index contributed by atoms with van der Waals surface area (Å²) in [5.41, 5.74) is 0.917. The topological polar surface area (TPSA) is 79.3 Å². The van der Waals surface area contributed by atoms with E-state index in [0.29, 0.717) is 41.9 Å². The van der Waals surface area contributed by atoms with Gasteiger partial charge in [0.1, 0.15) is 11.5 Å². The van der Waals surface area contributed by atoms with E-state index in [2.05, 4.69) is 22.5 Å². The summed E-state index contributed by atoms with van der Waals surface area (Å²) in [6.45, 7) is 4.53. The summed E-state index contributed by atoms with van der Waals surface area (Å²) in [6.07, 6.45) is 7.32. The number of amides is 2. The molecule has 2 N–H and O–H groups in total. The van der Waals surface area contributed by atoms with E-state index in [1.807, 2.05) is 22.8 Å². The van der Waals surface area contributed by atoms with Crippen LogP contribution in [-0.4, -0.2) is 44.9 Å². The van der Waals surface area contributed by atoms with Crippen molar-refractivity contribution in [3.8, 4) is 0 Å². The highest BCUT2D eigenvalue weighted by Crippen LogP contribution is 2.23. The molecular formula is C21H24ClN5O2. The van der Waals surface area contributed by atoms with Gasteiger partial charge in [0.15, 0.2) is 0 Å². The molecule has 1 aromatic heterocycles. The molecule has 1 atom stereocenters. The van der Waals surface area contributed by atoms with Crippen LogP contribution in [0, 0.1) is 0 Å². The maximum Gasteiger partial charge on any atom is 0.273 e. The van der Waals surface area contributed by atoms with Crippen molar-refractivity contribution in [1.82, 2.24) is 19.8 Å². The number of anilines is 1. The van der Waals surface area contributed by atoms with Gasteiger partial charge in [0.2, 0.25) is 5.91 Å². The van der Waals surface area contributed by atoms with Crippen molar-refractivity contribution in [1.29, 1.82) is 0 Å². The fourth-order valence-corrected chi connectivity index (χ4v) is 3.98. The summed E-state index contributed by atoms with van der Waals surface area (Å²) in [5.74, 6) is 0.403. The van der Waals surface area contributed by atoms with E-state index in [1.54, 1.807) is 29.3 Å². The second-order valence-electron chi connectivity index (χ2n) is 7.69. The molecule has 7 nitrogen and oxygen atoms in total. The Morgan fingerprint density at radius 1 is 1.31 bits per heavy atom. The predicted octanol–water partition coefficient (Wildman–Crippen LogP) is 2.83. The number of imidazole rings is 1. The number of nitrogens with zero attached hydrogens (tertiary/aromatic N) is 3. The number of nitrogens with one attached hydrogen (secondary N) is 2. The normalized spacial score (nSPS) is 21.4. The number of rotatable bonds is 4. The van der Waals surface area contributed by atoms with Gasteiger partial charge in [0.25, 0.3) is 5.91 Å². The SMILES string of the molecule is C[C@@]1(/C=C/C(=O)N2CCn3c(C(=O)Nc4ccccc4Cl)cnc3C2)CCCN1. The van der Waals surface area contributed by atoms with Crippen LogP contribution in [0.3, 0.4) is 0 Å². The van der Waals surface area contributed by atoms with Gasteiger partial charge in [-0.25, -0.2) is 4.98 Å². The van der Waals surface area contributed by atoms with Crippen molar-refractivity contribution >= 4 is 29.1 Å². The highest BCUT2D eigenvalue weighted by atomic mass is 35.5. The highest BCUT2D eigenvalue weighted by Gasteiger charge is 2.27. The van der Waals surface area contributed by atoms with E-state index < -0.39 is 0 Å². The zero-order valence-electron chi connectivity index (χ0n) is 16.3. The lowest BCUT2D eigenvalue weighted by Crippen LogP contribution is -2.39. The largest absolute Gasteiger partial charge is 0.330 e. The molecule has 0 unspecified atom stereocenters. The molecule has 0 saturated carbocycles. The lowest BCUT2D eigenvalue weighted by molar-refractivity contribution is -0.127. The fraction of sp³-hybridized carbons (Fsp3) is 0.381. The Morgan fingerprint density at radius 3 is 2.90 bits per heavy atom. The van der Waals surface area contributed by atoms with Crippen molar-refractivity contribution in [3.05, 3.63) is 59.2 Å². The van der Waals surface area contributed by atoms with Crippen LogP contribution >= 0.6 is 11.6 Å². The van der Waals surface area contributed by atoms with E-state index in [-0.39, 0.29) is 17.4 Å². The minimum absolute atomic E-state index is 0.0313. The molecule has 1 fully saturated rings. The number of halogens is 1. The Labute approximate surface area is 174 Å². The fourth-order valence-electron chi connectivity index (χ4n) is 3.80. The third-order valence-electron chi connectivity index (χ3n) is 5.53. The van der Waals surface area contributed by atoms with Crippen LogP contribution in [0.15, 0.2) is 42.6 Å². The van der Waals surface area contributed by atoms with E-state index in [0.717, 1.165) is 19.4 Å². The number of hydrogen-bond donors (Lipinski definition) is 2. The number of benzene rings is 1. The Hall–Kier alpha value is -2.64. The Bertz CT molecular complexity index is 962. The standard InChI is InChI=1S/C21H24ClN5O2/c1-21(8-4-10-24-21)9-7-19(28)26-11-12-27-17(13-23-18(27)14-26)20(29)25-16-6-3-2-5-15(16)22/h2-3,5-7,9,13,24H,4,8,10-12,14H2,1H3,(H,25,29)/b9-7+/t21-/m0/s1. The lowest BCUT2D eigenvalue weighted by Gasteiger charge is -2.28. The first-order valence-electron chi connectivity index (χ1n) is 9.79. The van der Waals surface area contributed by atoms with Crippen molar-refractivity contribution < 1.29 is 9.59 Å². The van der Waals surface area contributed by atoms with Gasteiger partial charge in [0, 0.05) is 24.7 Å². The third kappa shape index (κ3) is 4.21. The summed E-state index contributed by atoms with van der Waals surface area (Å²) in [5, 5.41) is 6.72. The van der Waals surface area contributed by atoms with E-state index in [4.69, 9.17) is 11.6 Å². The van der Waals surface area contributed by atoms with Gasteiger partial charge in [-0.2, -0.15) is 0 Å². The van der Waals surface area contributed by atoms with Gasteiger partial charge in [-0.1, -0.05) is 29.8 Å². The second-order valence-corrected chi connectivity index (χ2v) is 8.09. The van der Waals surface area contributed by atoms with Gasteiger partial charge in [-0.15, -0.1) is 0 Å². The van der Waals surface area contributed by atoms with Gasteiger partial charge in [-0.3, -0.25) is 9.59 Å². The molecular weight excluding hydrogens is 390 g/mol. The van der Waals surface area contributed by atoms with E-state index >= 15 is 0 Å². The van der Waals surface area contributed by atoms with Crippen LogP contribution in [0.5, 0.6) is 0 Å². The molecule has 1 saturated heterocycles. The smallest absolute Gasteiger partial charge is 0.273 e. The first-order valence-corrected chi connectivity index (χ1v) is 10.2. The summed E-state index contributed by atoms with van der Waals surface area (Å²) in [6, 6.07) is 7.09. The van der Waals surface area contributed by atoms with Crippen molar-refractivity contribution in [2.24, 2.45) is 0 Å². The van der Waals surface area contributed by atoms with Crippen molar-refractivity contribution in [3.63, 3.8) is 0 Å². The number of para-hydroxylation sites is 1. The number of aromatic nitrogens is 2. The van der Waals surface area contributed by atoms with Crippen LogP contribution in [0.25, 0.3) is 0 Å². The van der Waals surface area contributed by atoms with Gasteiger partial charge >= 0.3 is 0 Å². The molecule has 2 amide bonds. The van der Waals surface area contributed by atoms with Crippen molar-refractivity contribution in [2.45, 2.75) is 38.4 Å². The summed E-state index contributed by atoms with van der Waals surface area (Å²) < 4.78 is 1.86. The van der Waals surface area contributed by atoms with Gasteiger partial charge < -0.3 is 20.1 Å². The van der Waals surface area contributed by atoms with E-state index in [1.165, 1.54) is 0 Å². The molecule has 2 aliphatic heterocycles. The zero-order valence-corrected chi connectivity index (χ0v) is 17.1. The zero-order chi connectivity index (χ0) is 20.4. The maximum absolute atomic E-state index is 12.7. The Kier molecular flexibility index (Phi) is 5.43. The number of hydrogen-bond acceptors (Lipinski definition) is 4. The first kappa shape index (κ1) is 19.7. The van der Waals surface area contributed by atoms with Crippen molar-refractivity contribution in [2.75, 3.05) is 18.4 Å². The molecule has 2 aromatic rings. The molecule has 0 aliphatic carbocycles. The average molecular weight is 414 g/mol. The van der Waals surface area contributed by atoms with Gasteiger partial charge in [0.05, 0.1) is 23.5 Å². The molecule has 1 aromatic carbocycles. The number of carbonyl (C=O) groups is 2.